The molecule has 0 atom stereocenters. The third-order valence-corrected chi connectivity index (χ3v) is 2.41. The predicted octanol–water partition coefficient (Wildman–Crippen LogP) is 5.65. The minimum Gasteiger partial charge on any atom is -0.202 e. The van der Waals surface area contributed by atoms with Crippen molar-refractivity contribution in [1.82, 2.24) is 0 Å². The highest BCUT2D eigenvalue weighted by Gasteiger charge is 2.81. The van der Waals surface area contributed by atoms with Crippen LogP contribution in [-0.4, -0.2) is 29.9 Å². The highest BCUT2D eigenvalue weighted by atomic mass is 19.4. The number of allylic oxidation sites excluding steroid dienone is 2. The van der Waals surface area contributed by atoms with Crippen molar-refractivity contribution in [3.8, 4) is 0 Å². The van der Waals surface area contributed by atoms with Crippen LogP contribution < -0.4 is 0 Å². The Balaban J connectivity index is 6.21. The predicted molar refractivity (Wildman–Crippen MR) is 45.4 cm³/mol. The molecule has 0 N–H and O–H groups in total. The van der Waals surface area contributed by atoms with Crippen LogP contribution in [0, 0.1) is 0 Å². The van der Waals surface area contributed by atoms with Crippen molar-refractivity contribution in [3.05, 3.63) is 11.7 Å². The van der Waals surface area contributed by atoms with Crippen LogP contribution in [0.15, 0.2) is 11.7 Å². The first-order chi connectivity index (χ1) is 9.38. The van der Waals surface area contributed by atoms with Crippen LogP contribution in [-0.2, 0) is 0 Å². The Kier molecular flexibility index (Phi) is 5.19. The molecule has 0 aliphatic heterocycles. The SMILES string of the molecule is CCC(F)(F)C(F)(F)C(F)(F)C(F)(F)/C(F)=C(\F)C(F)(F)F. The largest absolute Gasteiger partial charge is 0.445 e. The molecule has 0 aliphatic rings. The minimum atomic E-state index is -7.34. The molecule has 13 heteroatoms. The van der Waals surface area contributed by atoms with E-state index in [1.807, 2.05) is 0 Å². The molecule has 0 bridgehead atoms. The molecule has 0 fully saturated rings. The lowest BCUT2D eigenvalue weighted by Crippen LogP contribution is -2.62. The number of alkyl halides is 11. The average Bonchev–Trinajstić information content (AvgIpc) is 2.34. The Bertz CT molecular complexity index is 441. The maximum Gasteiger partial charge on any atom is 0.445 e. The van der Waals surface area contributed by atoms with Crippen molar-refractivity contribution in [2.45, 2.75) is 43.2 Å². The maximum atomic E-state index is 12.9. The Labute approximate surface area is 113 Å². The zero-order valence-corrected chi connectivity index (χ0v) is 10.1. The van der Waals surface area contributed by atoms with Crippen molar-refractivity contribution < 1.29 is 57.1 Å². The molecule has 0 radical (unpaired) electrons. The van der Waals surface area contributed by atoms with Gasteiger partial charge in [0.1, 0.15) is 0 Å². The number of hydrogen-bond acceptors (Lipinski definition) is 0. The van der Waals surface area contributed by atoms with Crippen LogP contribution in [0.5, 0.6) is 0 Å². The molecule has 0 amide bonds. The van der Waals surface area contributed by atoms with Gasteiger partial charge in [0, 0.05) is 6.42 Å². The Morgan fingerprint density at radius 2 is 1.00 bits per heavy atom. The van der Waals surface area contributed by atoms with Crippen molar-refractivity contribution >= 4 is 0 Å². The fraction of sp³-hybridized carbons (Fsp3) is 0.778. The van der Waals surface area contributed by atoms with E-state index >= 15 is 0 Å². The molecule has 0 aromatic heterocycles. The molecule has 0 rings (SSSR count). The van der Waals surface area contributed by atoms with Gasteiger partial charge in [-0.05, 0) is 0 Å². The van der Waals surface area contributed by atoms with Crippen LogP contribution in [0.3, 0.4) is 0 Å². The third kappa shape index (κ3) is 2.98. The normalized spacial score (nSPS) is 16.6. The highest BCUT2D eigenvalue weighted by molar-refractivity contribution is 5.21. The summed E-state index contributed by atoms with van der Waals surface area (Å²) >= 11 is 0. The van der Waals surface area contributed by atoms with E-state index in [1.54, 1.807) is 0 Å². The summed E-state index contributed by atoms with van der Waals surface area (Å²) in [6.07, 6.45) is -8.68. The maximum absolute atomic E-state index is 12.9. The molecule has 22 heavy (non-hydrogen) atoms. The molecule has 0 aromatic carbocycles. The molecule has 0 nitrogen and oxygen atoms in total. The van der Waals surface area contributed by atoms with Crippen molar-refractivity contribution in [2.24, 2.45) is 0 Å². The summed E-state index contributed by atoms with van der Waals surface area (Å²) in [5.74, 6) is -36.4. The zero-order chi connectivity index (χ0) is 18.4. The number of halogens is 13. The summed E-state index contributed by atoms with van der Waals surface area (Å²) < 4.78 is 162. The summed E-state index contributed by atoms with van der Waals surface area (Å²) in [5, 5.41) is 0. The molecule has 0 saturated carbocycles. The van der Waals surface area contributed by atoms with Gasteiger partial charge in [0.2, 0.25) is 11.7 Å². The minimum absolute atomic E-state index is 0.171. The van der Waals surface area contributed by atoms with Gasteiger partial charge in [-0.25, -0.2) is 4.39 Å². The Morgan fingerprint density at radius 1 is 0.636 bits per heavy atom. The van der Waals surface area contributed by atoms with Crippen LogP contribution in [0.2, 0.25) is 0 Å². The highest BCUT2D eigenvalue weighted by Crippen LogP contribution is 2.56. The van der Waals surface area contributed by atoms with E-state index in [0.29, 0.717) is 0 Å². The molecule has 0 aromatic rings. The lowest BCUT2D eigenvalue weighted by Gasteiger charge is -2.35. The molecule has 0 unspecified atom stereocenters. The number of hydrogen-bond donors (Lipinski definition) is 0. The average molecular weight is 360 g/mol. The molecule has 0 saturated heterocycles. The van der Waals surface area contributed by atoms with Gasteiger partial charge in [-0.1, -0.05) is 6.92 Å². The third-order valence-electron chi connectivity index (χ3n) is 2.41. The molecule has 132 valence electrons. The molecule has 0 aliphatic carbocycles. The lowest BCUT2D eigenvalue weighted by molar-refractivity contribution is -0.361. The van der Waals surface area contributed by atoms with Gasteiger partial charge in [-0.2, -0.15) is 52.7 Å². The Morgan fingerprint density at radius 3 is 1.27 bits per heavy atom. The van der Waals surface area contributed by atoms with Gasteiger partial charge in [-0.15, -0.1) is 0 Å². The van der Waals surface area contributed by atoms with E-state index in [1.165, 1.54) is 0 Å². The molecular weight excluding hydrogens is 355 g/mol. The zero-order valence-electron chi connectivity index (χ0n) is 10.1. The monoisotopic (exact) mass is 360 g/mol. The van der Waals surface area contributed by atoms with Crippen LogP contribution in [0.25, 0.3) is 0 Å². The number of rotatable bonds is 5. The van der Waals surface area contributed by atoms with E-state index in [4.69, 9.17) is 0 Å². The quantitative estimate of drug-likeness (QED) is 0.556. The summed E-state index contributed by atoms with van der Waals surface area (Å²) in [5.41, 5.74) is 0. The van der Waals surface area contributed by atoms with Gasteiger partial charge in [-0.3, -0.25) is 0 Å². The van der Waals surface area contributed by atoms with Gasteiger partial charge in [0.15, 0.2) is 0 Å². The van der Waals surface area contributed by atoms with Crippen LogP contribution in [0.1, 0.15) is 13.3 Å². The van der Waals surface area contributed by atoms with Crippen molar-refractivity contribution in [1.29, 1.82) is 0 Å². The Hall–Kier alpha value is -1.17. The smallest absolute Gasteiger partial charge is 0.202 e. The van der Waals surface area contributed by atoms with E-state index in [9.17, 15) is 57.1 Å². The topological polar surface area (TPSA) is 0 Å². The van der Waals surface area contributed by atoms with Gasteiger partial charge >= 0.3 is 29.9 Å². The molecular formula is C9H5F13. The van der Waals surface area contributed by atoms with Crippen LogP contribution >= 0.6 is 0 Å². The van der Waals surface area contributed by atoms with E-state index in [-0.39, 0.29) is 6.92 Å². The molecule has 0 spiro atoms. The second kappa shape index (κ2) is 5.48. The van der Waals surface area contributed by atoms with Crippen LogP contribution in [0.4, 0.5) is 57.1 Å². The van der Waals surface area contributed by atoms with Crippen molar-refractivity contribution in [2.75, 3.05) is 0 Å². The van der Waals surface area contributed by atoms with E-state index in [2.05, 4.69) is 0 Å². The lowest BCUT2D eigenvalue weighted by atomic mass is 9.96. The van der Waals surface area contributed by atoms with Crippen molar-refractivity contribution in [3.63, 3.8) is 0 Å². The summed E-state index contributed by atoms with van der Waals surface area (Å²) in [7, 11) is 0. The van der Waals surface area contributed by atoms with Gasteiger partial charge in [0.05, 0.1) is 0 Å². The fourth-order valence-corrected chi connectivity index (χ4v) is 1.05. The summed E-state index contributed by atoms with van der Waals surface area (Å²) in [6, 6.07) is 0. The first-order valence-electron chi connectivity index (χ1n) is 5.02. The van der Waals surface area contributed by atoms with Gasteiger partial charge in [0.25, 0.3) is 0 Å². The summed E-state index contributed by atoms with van der Waals surface area (Å²) in [4.78, 5) is 0. The second-order valence-corrected chi connectivity index (χ2v) is 3.91. The standard InChI is InChI=1S/C9H5F13/c1-2-5(12,13)8(19,20)9(21,22)6(14,15)3(10)4(11)7(16,17)18/h2H2,1H3/b4-3+. The second-order valence-electron chi connectivity index (χ2n) is 3.91. The summed E-state index contributed by atoms with van der Waals surface area (Å²) in [6.45, 7) is 0.171. The van der Waals surface area contributed by atoms with Gasteiger partial charge < -0.3 is 0 Å². The van der Waals surface area contributed by atoms with E-state index < -0.39 is 47.9 Å². The van der Waals surface area contributed by atoms with E-state index in [0.717, 1.165) is 0 Å². The molecule has 0 heterocycles. The first kappa shape index (κ1) is 20.8. The fourth-order valence-electron chi connectivity index (χ4n) is 1.05. The first-order valence-corrected chi connectivity index (χ1v) is 5.02.